The van der Waals surface area contributed by atoms with Gasteiger partial charge >= 0.3 is 0 Å². The number of hydrogen-bond acceptors (Lipinski definition) is 3. The first-order valence-corrected chi connectivity index (χ1v) is 4.19. The van der Waals surface area contributed by atoms with Crippen molar-refractivity contribution < 1.29 is 9.90 Å². The molecule has 0 unspecified atom stereocenters. The van der Waals surface area contributed by atoms with Crippen LogP contribution in [0.1, 0.15) is 12.1 Å². The number of pyridine rings is 1. The minimum atomic E-state index is -0.419. The van der Waals surface area contributed by atoms with Gasteiger partial charge in [-0.15, -0.1) is 0 Å². The maximum absolute atomic E-state index is 11.0. The Morgan fingerprint density at radius 3 is 2.86 bits per heavy atom. The van der Waals surface area contributed by atoms with Gasteiger partial charge in [-0.05, 0) is 6.92 Å². The van der Waals surface area contributed by atoms with Gasteiger partial charge in [-0.3, -0.25) is 9.59 Å². The van der Waals surface area contributed by atoms with Gasteiger partial charge in [0.25, 0.3) is 0 Å². The maximum atomic E-state index is 11.0. The van der Waals surface area contributed by atoms with Crippen molar-refractivity contribution in [3.05, 3.63) is 28.2 Å². The highest BCUT2D eigenvalue weighted by atomic mass is 16.3. The Morgan fingerprint density at radius 2 is 2.29 bits per heavy atom. The van der Waals surface area contributed by atoms with Gasteiger partial charge in [-0.1, -0.05) is 0 Å². The number of rotatable bonds is 3. The van der Waals surface area contributed by atoms with Crippen LogP contribution in [0.3, 0.4) is 0 Å². The van der Waals surface area contributed by atoms with Gasteiger partial charge in [0, 0.05) is 25.2 Å². The van der Waals surface area contributed by atoms with Crippen molar-refractivity contribution in [2.24, 2.45) is 5.73 Å². The van der Waals surface area contributed by atoms with Crippen LogP contribution in [0.2, 0.25) is 0 Å². The van der Waals surface area contributed by atoms with Crippen molar-refractivity contribution in [2.45, 2.75) is 19.9 Å². The molecule has 0 aromatic carbocycles. The fourth-order valence-corrected chi connectivity index (χ4v) is 1.14. The molecule has 76 valence electrons. The van der Waals surface area contributed by atoms with E-state index in [0.717, 1.165) is 0 Å². The molecule has 0 saturated heterocycles. The summed E-state index contributed by atoms with van der Waals surface area (Å²) in [7, 11) is 0. The molecule has 0 aliphatic carbocycles. The topological polar surface area (TPSA) is 85.3 Å². The molecule has 1 amide bonds. The molecule has 0 aliphatic rings. The van der Waals surface area contributed by atoms with Gasteiger partial charge in [0.15, 0.2) is 5.75 Å². The second kappa shape index (κ2) is 3.95. The molecule has 3 N–H and O–H groups in total. The highest BCUT2D eigenvalue weighted by Crippen LogP contribution is 2.09. The number of carbonyl (C=O) groups excluding carboxylic acids is 1. The van der Waals surface area contributed by atoms with Gasteiger partial charge in [0.1, 0.15) is 0 Å². The van der Waals surface area contributed by atoms with Crippen LogP contribution in [0, 0.1) is 6.92 Å². The molecule has 0 atom stereocenters. The zero-order chi connectivity index (χ0) is 10.7. The van der Waals surface area contributed by atoms with Crippen LogP contribution in [0.5, 0.6) is 5.75 Å². The molecule has 0 saturated carbocycles. The van der Waals surface area contributed by atoms with E-state index in [1.807, 2.05) is 0 Å². The highest BCUT2D eigenvalue weighted by molar-refractivity contribution is 5.73. The Bertz CT molecular complexity index is 409. The molecule has 1 rings (SSSR count). The maximum Gasteiger partial charge on any atom is 0.223 e. The normalized spacial score (nSPS) is 10.1. The summed E-state index contributed by atoms with van der Waals surface area (Å²) in [5.41, 5.74) is 5.01. The van der Waals surface area contributed by atoms with Crippen LogP contribution >= 0.6 is 0 Å². The van der Waals surface area contributed by atoms with Crippen LogP contribution in [-0.2, 0) is 11.3 Å². The van der Waals surface area contributed by atoms with E-state index in [4.69, 9.17) is 5.73 Å². The number of primary amides is 1. The number of amides is 1. The second-order valence-corrected chi connectivity index (χ2v) is 3.02. The van der Waals surface area contributed by atoms with Crippen LogP contribution in [0.15, 0.2) is 17.1 Å². The minimum Gasteiger partial charge on any atom is -0.503 e. The predicted octanol–water partition coefficient (Wildman–Crippen LogP) is -0.262. The fourth-order valence-electron chi connectivity index (χ4n) is 1.14. The van der Waals surface area contributed by atoms with Gasteiger partial charge in [-0.25, -0.2) is 0 Å². The number of aromatic nitrogens is 1. The summed E-state index contributed by atoms with van der Waals surface area (Å²) in [5.74, 6) is -0.695. The van der Waals surface area contributed by atoms with Crippen molar-refractivity contribution in [3.63, 3.8) is 0 Å². The molecule has 5 heteroatoms. The van der Waals surface area contributed by atoms with Gasteiger partial charge in [0.05, 0.1) is 5.69 Å². The lowest BCUT2D eigenvalue weighted by Crippen LogP contribution is -2.16. The van der Waals surface area contributed by atoms with E-state index >= 15 is 0 Å². The number of aryl methyl sites for hydroxylation is 1. The van der Waals surface area contributed by atoms with E-state index in [1.165, 1.54) is 12.3 Å². The molecule has 1 aromatic heterocycles. The average molecular weight is 196 g/mol. The van der Waals surface area contributed by atoms with Crippen LogP contribution in [-0.4, -0.2) is 15.6 Å². The molecule has 0 spiro atoms. The van der Waals surface area contributed by atoms with Crippen molar-refractivity contribution in [2.75, 3.05) is 0 Å². The predicted molar refractivity (Wildman–Crippen MR) is 50.9 cm³/mol. The lowest BCUT2D eigenvalue weighted by Gasteiger charge is -2.09. The van der Waals surface area contributed by atoms with E-state index in [9.17, 15) is 14.7 Å². The highest BCUT2D eigenvalue weighted by Gasteiger charge is 2.05. The number of carbonyl (C=O) groups is 1. The van der Waals surface area contributed by atoms with E-state index in [0.29, 0.717) is 12.2 Å². The molecule has 1 aromatic rings. The van der Waals surface area contributed by atoms with Crippen LogP contribution in [0.4, 0.5) is 0 Å². The van der Waals surface area contributed by atoms with Gasteiger partial charge in [-0.2, -0.15) is 0 Å². The monoisotopic (exact) mass is 196 g/mol. The summed E-state index contributed by atoms with van der Waals surface area (Å²) in [6.07, 6.45) is 1.71. The minimum absolute atomic E-state index is 0.184. The molecule has 14 heavy (non-hydrogen) atoms. The quantitative estimate of drug-likeness (QED) is 0.698. The third kappa shape index (κ3) is 2.12. The summed E-state index contributed by atoms with van der Waals surface area (Å²) in [6, 6.07) is 1.25. The lowest BCUT2D eigenvalue weighted by molar-refractivity contribution is -0.118. The number of nitrogens with zero attached hydrogens (tertiary/aromatic N) is 1. The largest absolute Gasteiger partial charge is 0.503 e. The van der Waals surface area contributed by atoms with Crippen molar-refractivity contribution in [1.29, 1.82) is 0 Å². The number of nitrogens with two attached hydrogens (primary N) is 1. The SMILES string of the molecule is Cc1c(O)c(=O)ccn1CCC(N)=O. The van der Waals surface area contributed by atoms with Crippen molar-refractivity contribution in [3.8, 4) is 5.75 Å². The molecule has 5 nitrogen and oxygen atoms in total. The zero-order valence-electron chi connectivity index (χ0n) is 7.86. The molecule has 0 aliphatic heterocycles. The lowest BCUT2D eigenvalue weighted by atomic mass is 10.3. The molecule has 0 radical (unpaired) electrons. The Kier molecular flexibility index (Phi) is 2.91. The molecular formula is C9H12N2O3. The van der Waals surface area contributed by atoms with E-state index < -0.39 is 11.3 Å². The van der Waals surface area contributed by atoms with Crippen LogP contribution in [0.25, 0.3) is 0 Å². The standard InChI is InChI=1S/C9H12N2O3/c1-6-9(14)7(12)2-4-11(6)5-3-8(10)13/h2,4,14H,3,5H2,1H3,(H2,10,13). The summed E-state index contributed by atoms with van der Waals surface area (Å²) in [6.45, 7) is 1.98. The Balaban J connectivity index is 2.94. The van der Waals surface area contributed by atoms with Crippen molar-refractivity contribution >= 4 is 5.91 Å². The zero-order valence-corrected chi connectivity index (χ0v) is 7.86. The first-order valence-electron chi connectivity index (χ1n) is 4.19. The fraction of sp³-hybridized carbons (Fsp3) is 0.333. The summed E-state index contributed by atoms with van der Waals surface area (Å²) in [4.78, 5) is 21.5. The summed E-state index contributed by atoms with van der Waals surface area (Å²) >= 11 is 0. The van der Waals surface area contributed by atoms with E-state index in [1.54, 1.807) is 11.5 Å². The Morgan fingerprint density at radius 1 is 1.64 bits per heavy atom. The van der Waals surface area contributed by atoms with Crippen molar-refractivity contribution in [1.82, 2.24) is 4.57 Å². The number of aromatic hydroxyl groups is 1. The van der Waals surface area contributed by atoms with E-state index in [2.05, 4.69) is 0 Å². The second-order valence-electron chi connectivity index (χ2n) is 3.02. The third-order valence-electron chi connectivity index (χ3n) is 2.01. The summed E-state index contributed by atoms with van der Waals surface area (Å²) < 4.78 is 1.61. The molecule has 0 fully saturated rings. The smallest absolute Gasteiger partial charge is 0.223 e. The van der Waals surface area contributed by atoms with E-state index in [-0.39, 0.29) is 12.2 Å². The van der Waals surface area contributed by atoms with Gasteiger partial charge < -0.3 is 15.4 Å². The Labute approximate surface area is 80.8 Å². The average Bonchev–Trinajstić information content (AvgIpc) is 2.13. The molecule has 0 bridgehead atoms. The number of hydrogen-bond donors (Lipinski definition) is 2. The van der Waals surface area contributed by atoms with Gasteiger partial charge in [0.2, 0.25) is 11.3 Å². The van der Waals surface area contributed by atoms with Crippen LogP contribution < -0.4 is 11.2 Å². The Hall–Kier alpha value is -1.78. The molecule has 1 heterocycles. The first kappa shape index (κ1) is 10.3. The third-order valence-corrected chi connectivity index (χ3v) is 2.01. The summed E-state index contributed by atoms with van der Waals surface area (Å²) in [5, 5.41) is 9.30. The molecular weight excluding hydrogens is 184 g/mol. The first-order chi connectivity index (χ1) is 6.52.